The van der Waals surface area contributed by atoms with Crippen LogP contribution < -0.4 is 11.1 Å². The Bertz CT molecular complexity index is 598. The summed E-state index contributed by atoms with van der Waals surface area (Å²) in [5, 5.41) is 10.2. The summed E-state index contributed by atoms with van der Waals surface area (Å²) < 4.78 is 5.30. The molecule has 7 heteroatoms. The molecule has 0 bridgehead atoms. The summed E-state index contributed by atoms with van der Waals surface area (Å²) in [5.74, 6) is 0.650. The zero-order valence-electron chi connectivity index (χ0n) is 11.3. The Hall–Kier alpha value is -2.02. The molecule has 3 N–H and O–H groups in total. The van der Waals surface area contributed by atoms with Gasteiger partial charge in [-0.3, -0.25) is 10.1 Å². The number of rotatable bonds is 5. The topological polar surface area (TPSA) is 94.0 Å². The van der Waals surface area contributed by atoms with Gasteiger partial charge in [0.15, 0.2) is 0 Å². The summed E-state index contributed by atoms with van der Waals surface area (Å²) in [5.41, 5.74) is 6.46. The zero-order chi connectivity index (χ0) is 14.5. The third-order valence-corrected chi connectivity index (χ3v) is 3.55. The van der Waals surface area contributed by atoms with E-state index < -0.39 is 0 Å². The maximum Gasteiger partial charge on any atom is 0.322 e. The van der Waals surface area contributed by atoms with E-state index in [2.05, 4.69) is 15.5 Å². The normalized spacial score (nSPS) is 10.8. The van der Waals surface area contributed by atoms with Gasteiger partial charge in [0.1, 0.15) is 0 Å². The van der Waals surface area contributed by atoms with Gasteiger partial charge in [-0.05, 0) is 12.1 Å². The lowest BCUT2D eigenvalue weighted by atomic mass is 10.2. The SMILES string of the molecule is CC(C)c1nnc(NC(=O)CSc2ccccc2N)o1. The van der Waals surface area contributed by atoms with Crippen molar-refractivity contribution < 1.29 is 9.21 Å². The largest absolute Gasteiger partial charge is 0.408 e. The predicted octanol–water partition coefficient (Wildman–Crippen LogP) is 2.51. The van der Waals surface area contributed by atoms with Crippen molar-refractivity contribution in [1.82, 2.24) is 10.2 Å². The summed E-state index contributed by atoms with van der Waals surface area (Å²) in [6, 6.07) is 7.53. The molecule has 0 radical (unpaired) electrons. The Kier molecular flexibility index (Phi) is 4.62. The number of para-hydroxylation sites is 1. The molecule has 1 aromatic heterocycles. The number of carbonyl (C=O) groups is 1. The molecule has 1 aromatic carbocycles. The molecule has 1 amide bonds. The van der Waals surface area contributed by atoms with Gasteiger partial charge < -0.3 is 10.2 Å². The molecule has 0 aliphatic heterocycles. The highest BCUT2D eigenvalue weighted by molar-refractivity contribution is 8.00. The summed E-state index contributed by atoms with van der Waals surface area (Å²) in [6.45, 7) is 3.88. The number of benzene rings is 1. The van der Waals surface area contributed by atoms with Crippen LogP contribution in [0, 0.1) is 0 Å². The van der Waals surface area contributed by atoms with Crippen LogP contribution >= 0.6 is 11.8 Å². The molecule has 0 fully saturated rings. The molecule has 0 aliphatic carbocycles. The number of amides is 1. The fraction of sp³-hybridized carbons (Fsp3) is 0.308. The van der Waals surface area contributed by atoms with Crippen molar-refractivity contribution in [2.24, 2.45) is 0 Å². The molecule has 0 saturated heterocycles. The summed E-state index contributed by atoms with van der Waals surface area (Å²) in [4.78, 5) is 12.6. The second kappa shape index (κ2) is 6.42. The van der Waals surface area contributed by atoms with E-state index in [0.29, 0.717) is 11.6 Å². The lowest BCUT2D eigenvalue weighted by Gasteiger charge is -2.04. The first kappa shape index (κ1) is 14.4. The van der Waals surface area contributed by atoms with Crippen LogP contribution in [0.4, 0.5) is 11.7 Å². The molecule has 0 unspecified atom stereocenters. The first-order valence-corrected chi connectivity index (χ1v) is 7.15. The molecule has 0 atom stereocenters. The third-order valence-electron chi connectivity index (χ3n) is 2.46. The molecule has 0 saturated carbocycles. The monoisotopic (exact) mass is 292 g/mol. The minimum absolute atomic E-state index is 0.125. The highest BCUT2D eigenvalue weighted by Crippen LogP contribution is 2.24. The van der Waals surface area contributed by atoms with Gasteiger partial charge >= 0.3 is 6.01 Å². The quantitative estimate of drug-likeness (QED) is 0.649. The van der Waals surface area contributed by atoms with Gasteiger partial charge in [0.05, 0.1) is 5.75 Å². The van der Waals surface area contributed by atoms with E-state index in [0.717, 1.165) is 4.90 Å². The lowest BCUT2D eigenvalue weighted by molar-refractivity contribution is -0.113. The van der Waals surface area contributed by atoms with Gasteiger partial charge in [-0.25, -0.2) is 0 Å². The van der Waals surface area contributed by atoms with E-state index in [1.54, 1.807) is 6.07 Å². The predicted molar refractivity (Wildman–Crippen MR) is 78.6 cm³/mol. The molecule has 1 heterocycles. The molecule has 106 valence electrons. The van der Waals surface area contributed by atoms with Crippen LogP contribution in [-0.2, 0) is 4.79 Å². The fourth-order valence-corrected chi connectivity index (χ4v) is 2.20. The third kappa shape index (κ3) is 3.74. The number of thioether (sulfide) groups is 1. The van der Waals surface area contributed by atoms with Crippen LogP contribution in [0.1, 0.15) is 25.7 Å². The number of nitrogens with zero attached hydrogens (tertiary/aromatic N) is 2. The van der Waals surface area contributed by atoms with Crippen molar-refractivity contribution in [3.05, 3.63) is 30.2 Å². The van der Waals surface area contributed by atoms with Gasteiger partial charge in [-0.15, -0.1) is 16.9 Å². The Balaban J connectivity index is 1.88. The zero-order valence-corrected chi connectivity index (χ0v) is 12.1. The molecule has 6 nitrogen and oxygen atoms in total. The number of nitrogens with two attached hydrogens (primary N) is 1. The minimum atomic E-state index is -0.211. The highest BCUT2D eigenvalue weighted by atomic mass is 32.2. The minimum Gasteiger partial charge on any atom is -0.408 e. The maximum atomic E-state index is 11.8. The number of aromatic nitrogens is 2. The first-order chi connectivity index (χ1) is 9.56. The van der Waals surface area contributed by atoms with Crippen molar-refractivity contribution in [3.8, 4) is 0 Å². The van der Waals surface area contributed by atoms with Crippen molar-refractivity contribution in [1.29, 1.82) is 0 Å². The molecule has 20 heavy (non-hydrogen) atoms. The van der Waals surface area contributed by atoms with Crippen molar-refractivity contribution in [2.75, 3.05) is 16.8 Å². The number of anilines is 2. The number of hydrogen-bond acceptors (Lipinski definition) is 6. The van der Waals surface area contributed by atoms with Crippen LogP contribution in [0.25, 0.3) is 0 Å². The summed E-state index contributed by atoms with van der Waals surface area (Å²) in [7, 11) is 0. The maximum absolute atomic E-state index is 11.8. The standard InChI is InChI=1S/C13H16N4O2S/c1-8(2)12-16-17-13(19-12)15-11(18)7-20-10-6-4-3-5-9(10)14/h3-6,8H,7,14H2,1-2H3,(H,15,17,18). The number of hydrogen-bond donors (Lipinski definition) is 2. The smallest absolute Gasteiger partial charge is 0.322 e. The molecular weight excluding hydrogens is 276 g/mol. The molecule has 2 rings (SSSR count). The van der Waals surface area contributed by atoms with E-state index in [9.17, 15) is 4.79 Å². The highest BCUT2D eigenvalue weighted by Gasteiger charge is 2.12. The number of nitrogen functional groups attached to an aromatic ring is 1. The van der Waals surface area contributed by atoms with E-state index in [-0.39, 0.29) is 23.6 Å². The average molecular weight is 292 g/mol. The van der Waals surface area contributed by atoms with Crippen LogP contribution in [0.5, 0.6) is 0 Å². The van der Waals surface area contributed by atoms with Crippen molar-refractivity contribution in [3.63, 3.8) is 0 Å². The number of nitrogens with one attached hydrogen (secondary N) is 1. The van der Waals surface area contributed by atoms with Crippen LogP contribution in [0.3, 0.4) is 0 Å². The Morgan fingerprint density at radius 1 is 1.40 bits per heavy atom. The molecule has 0 aliphatic rings. The van der Waals surface area contributed by atoms with Gasteiger partial charge in [0.2, 0.25) is 11.8 Å². The van der Waals surface area contributed by atoms with Crippen LogP contribution in [-0.4, -0.2) is 21.9 Å². The van der Waals surface area contributed by atoms with E-state index in [1.807, 2.05) is 32.0 Å². The van der Waals surface area contributed by atoms with Crippen molar-refractivity contribution in [2.45, 2.75) is 24.7 Å². The van der Waals surface area contributed by atoms with E-state index >= 15 is 0 Å². The second-order valence-electron chi connectivity index (χ2n) is 4.47. The second-order valence-corrected chi connectivity index (χ2v) is 5.49. The van der Waals surface area contributed by atoms with Crippen LogP contribution in [0.15, 0.2) is 33.6 Å². The van der Waals surface area contributed by atoms with E-state index in [4.69, 9.17) is 10.2 Å². The Labute approximate surface area is 121 Å². The molecular formula is C13H16N4O2S. The molecule has 0 spiro atoms. The molecule has 2 aromatic rings. The number of carbonyl (C=O) groups excluding carboxylic acids is 1. The van der Waals surface area contributed by atoms with Gasteiger partial charge in [0, 0.05) is 16.5 Å². The van der Waals surface area contributed by atoms with Gasteiger partial charge in [0.25, 0.3) is 0 Å². The van der Waals surface area contributed by atoms with Crippen molar-refractivity contribution >= 4 is 29.4 Å². The summed E-state index contributed by atoms with van der Waals surface area (Å²) >= 11 is 1.36. The van der Waals surface area contributed by atoms with Gasteiger partial charge in [-0.1, -0.05) is 31.1 Å². The van der Waals surface area contributed by atoms with E-state index in [1.165, 1.54) is 11.8 Å². The van der Waals surface area contributed by atoms with Crippen LogP contribution in [0.2, 0.25) is 0 Å². The Morgan fingerprint density at radius 3 is 2.80 bits per heavy atom. The Morgan fingerprint density at radius 2 is 2.15 bits per heavy atom. The summed E-state index contributed by atoms with van der Waals surface area (Å²) in [6.07, 6.45) is 0. The fourth-order valence-electron chi connectivity index (χ4n) is 1.43. The first-order valence-electron chi connectivity index (χ1n) is 6.17. The average Bonchev–Trinajstić information content (AvgIpc) is 2.86. The lowest BCUT2D eigenvalue weighted by Crippen LogP contribution is -2.14. The van der Waals surface area contributed by atoms with Gasteiger partial charge in [-0.2, -0.15) is 0 Å².